The fourth-order valence-electron chi connectivity index (χ4n) is 1.61. The van der Waals surface area contributed by atoms with Crippen molar-refractivity contribution in [2.24, 2.45) is 0 Å². The predicted octanol–water partition coefficient (Wildman–Crippen LogP) is 2.99. The normalized spacial score (nSPS) is 11.0. The Balaban J connectivity index is 1.98. The molecule has 0 aliphatic heterocycles. The lowest BCUT2D eigenvalue weighted by molar-refractivity contribution is -0.107. The molecule has 3 heteroatoms. The molecule has 1 rings (SSSR count). The topological polar surface area (TPSA) is 27.7 Å². The molecule has 0 saturated carbocycles. The van der Waals surface area contributed by atoms with E-state index < -0.39 is 0 Å². The van der Waals surface area contributed by atoms with Gasteiger partial charge in [-0.1, -0.05) is 30.3 Å². The second-order valence-electron chi connectivity index (χ2n) is 3.93. The van der Waals surface area contributed by atoms with Gasteiger partial charge in [0.2, 0.25) is 0 Å². The monoisotopic (exact) mass is 238 g/mol. The van der Waals surface area contributed by atoms with Gasteiger partial charge in [0.05, 0.1) is 6.61 Å². The molecular formula is C14H22O3. The largest absolute Gasteiger partial charge is 0.377 e. The Kier molecular flexibility index (Phi) is 7.63. The van der Waals surface area contributed by atoms with Gasteiger partial charge in [0.25, 0.3) is 0 Å². The summed E-state index contributed by atoms with van der Waals surface area (Å²) in [5.41, 5.74) is 1.22. The Morgan fingerprint density at radius 1 is 1.00 bits per heavy atom. The zero-order valence-corrected chi connectivity index (χ0v) is 10.7. The van der Waals surface area contributed by atoms with Crippen LogP contribution in [0.4, 0.5) is 0 Å². The summed E-state index contributed by atoms with van der Waals surface area (Å²) in [6.07, 6.45) is 2.93. The number of benzene rings is 1. The average Bonchev–Trinajstić information content (AvgIpc) is 2.39. The molecule has 0 aliphatic rings. The van der Waals surface area contributed by atoms with Gasteiger partial charge in [-0.2, -0.15) is 0 Å². The van der Waals surface area contributed by atoms with Gasteiger partial charge in [-0.25, -0.2) is 0 Å². The number of hydrogen-bond acceptors (Lipinski definition) is 3. The molecule has 0 radical (unpaired) electrons. The highest BCUT2D eigenvalue weighted by molar-refractivity contribution is 5.13. The van der Waals surface area contributed by atoms with Gasteiger partial charge in [0.1, 0.15) is 0 Å². The quantitative estimate of drug-likeness (QED) is 0.489. The summed E-state index contributed by atoms with van der Waals surface area (Å²) in [7, 11) is 3.33. The van der Waals surface area contributed by atoms with Gasteiger partial charge in [0.15, 0.2) is 6.29 Å². The van der Waals surface area contributed by atoms with Crippen molar-refractivity contribution in [1.82, 2.24) is 0 Å². The number of methoxy groups -OCH3 is 2. The van der Waals surface area contributed by atoms with Crippen LogP contribution >= 0.6 is 0 Å². The maximum Gasteiger partial charge on any atom is 0.156 e. The van der Waals surface area contributed by atoms with E-state index in [2.05, 4.69) is 12.1 Å². The molecule has 0 aliphatic carbocycles. The van der Waals surface area contributed by atoms with E-state index in [1.165, 1.54) is 5.56 Å². The molecule has 0 amide bonds. The summed E-state index contributed by atoms with van der Waals surface area (Å²) in [5.74, 6) is 0. The van der Waals surface area contributed by atoms with Crippen molar-refractivity contribution >= 4 is 0 Å². The highest BCUT2D eigenvalue weighted by Crippen LogP contribution is 2.06. The molecule has 0 unspecified atom stereocenters. The molecule has 0 fully saturated rings. The third-order valence-corrected chi connectivity index (χ3v) is 2.62. The molecule has 1 aromatic carbocycles. The Labute approximate surface area is 104 Å². The smallest absolute Gasteiger partial charge is 0.156 e. The van der Waals surface area contributed by atoms with E-state index in [1.807, 2.05) is 18.2 Å². The van der Waals surface area contributed by atoms with E-state index in [0.717, 1.165) is 25.9 Å². The van der Waals surface area contributed by atoms with Crippen LogP contribution in [0.3, 0.4) is 0 Å². The Hall–Kier alpha value is -0.900. The first-order chi connectivity index (χ1) is 8.36. The minimum Gasteiger partial charge on any atom is -0.377 e. The SMILES string of the molecule is COC(CCCCOCc1ccccc1)OC. The van der Waals surface area contributed by atoms with E-state index in [0.29, 0.717) is 6.61 Å². The van der Waals surface area contributed by atoms with Gasteiger partial charge < -0.3 is 14.2 Å². The van der Waals surface area contributed by atoms with E-state index >= 15 is 0 Å². The summed E-state index contributed by atoms with van der Waals surface area (Å²) in [4.78, 5) is 0. The van der Waals surface area contributed by atoms with E-state index in [4.69, 9.17) is 14.2 Å². The fraction of sp³-hybridized carbons (Fsp3) is 0.571. The van der Waals surface area contributed by atoms with Crippen molar-refractivity contribution in [2.75, 3.05) is 20.8 Å². The number of unbranched alkanes of at least 4 members (excludes halogenated alkanes) is 1. The molecule has 96 valence electrons. The summed E-state index contributed by atoms with van der Waals surface area (Å²) < 4.78 is 15.8. The van der Waals surface area contributed by atoms with Crippen molar-refractivity contribution < 1.29 is 14.2 Å². The zero-order chi connectivity index (χ0) is 12.3. The highest BCUT2D eigenvalue weighted by atomic mass is 16.7. The molecule has 0 heterocycles. The van der Waals surface area contributed by atoms with Gasteiger partial charge >= 0.3 is 0 Å². The molecule has 3 nitrogen and oxygen atoms in total. The third-order valence-electron chi connectivity index (χ3n) is 2.62. The molecule has 0 N–H and O–H groups in total. The molecule has 0 saturated heterocycles. The van der Waals surface area contributed by atoms with Crippen molar-refractivity contribution in [3.05, 3.63) is 35.9 Å². The van der Waals surface area contributed by atoms with E-state index in [-0.39, 0.29) is 6.29 Å². The maximum atomic E-state index is 5.59. The molecule has 0 bridgehead atoms. The fourth-order valence-corrected chi connectivity index (χ4v) is 1.61. The number of ether oxygens (including phenoxy) is 3. The minimum absolute atomic E-state index is 0.0795. The maximum absolute atomic E-state index is 5.59. The van der Waals surface area contributed by atoms with Gasteiger partial charge in [0, 0.05) is 20.8 Å². The Morgan fingerprint density at radius 3 is 2.35 bits per heavy atom. The summed E-state index contributed by atoms with van der Waals surface area (Å²) >= 11 is 0. The summed E-state index contributed by atoms with van der Waals surface area (Å²) in [6, 6.07) is 10.2. The lowest BCUT2D eigenvalue weighted by Gasteiger charge is -2.12. The van der Waals surface area contributed by atoms with Crippen molar-refractivity contribution in [1.29, 1.82) is 0 Å². The molecule has 0 spiro atoms. The molecule has 17 heavy (non-hydrogen) atoms. The second-order valence-corrected chi connectivity index (χ2v) is 3.93. The van der Waals surface area contributed by atoms with Crippen LogP contribution in [0.25, 0.3) is 0 Å². The lowest BCUT2D eigenvalue weighted by atomic mass is 10.2. The number of hydrogen-bond donors (Lipinski definition) is 0. The lowest BCUT2D eigenvalue weighted by Crippen LogP contribution is -2.12. The van der Waals surface area contributed by atoms with Crippen LogP contribution in [0.1, 0.15) is 24.8 Å². The molecule has 1 aromatic rings. The van der Waals surface area contributed by atoms with Crippen molar-refractivity contribution in [3.63, 3.8) is 0 Å². The van der Waals surface area contributed by atoms with Crippen molar-refractivity contribution in [3.8, 4) is 0 Å². The Bertz CT molecular complexity index is 270. The third kappa shape index (κ3) is 6.41. The summed E-state index contributed by atoms with van der Waals surface area (Å²) in [6.45, 7) is 1.48. The first kappa shape index (κ1) is 14.2. The van der Waals surface area contributed by atoms with Crippen molar-refractivity contribution in [2.45, 2.75) is 32.2 Å². The van der Waals surface area contributed by atoms with Crippen LogP contribution in [-0.2, 0) is 20.8 Å². The Morgan fingerprint density at radius 2 is 1.71 bits per heavy atom. The summed E-state index contributed by atoms with van der Waals surface area (Å²) in [5, 5.41) is 0. The van der Waals surface area contributed by atoms with Crippen LogP contribution in [-0.4, -0.2) is 27.1 Å². The first-order valence-corrected chi connectivity index (χ1v) is 6.04. The standard InChI is InChI=1S/C14H22O3/c1-15-14(16-2)10-6-7-11-17-12-13-8-4-3-5-9-13/h3-5,8-9,14H,6-7,10-12H2,1-2H3. The van der Waals surface area contributed by atoms with Crippen LogP contribution in [0.15, 0.2) is 30.3 Å². The van der Waals surface area contributed by atoms with E-state index in [9.17, 15) is 0 Å². The van der Waals surface area contributed by atoms with Crippen LogP contribution in [0, 0.1) is 0 Å². The highest BCUT2D eigenvalue weighted by Gasteiger charge is 2.03. The van der Waals surface area contributed by atoms with E-state index in [1.54, 1.807) is 14.2 Å². The number of rotatable bonds is 9. The van der Waals surface area contributed by atoms with Crippen LogP contribution in [0.5, 0.6) is 0 Å². The predicted molar refractivity (Wildman–Crippen MR) is 67.8 cm³/mol. The zero-order valence-electron chi connectivity index (χ0n) is 10.7. The molecule has 0 atom stereocenters. The first-order valence-electron chi connectivity index (χ1n) is 6.04. The van der Waals surface area contributed by atoms with Gasteiger partial charge in [-0.3, -0.25) is 0 Å². The average molecular weight is 238 g/mol. The van der Waals surface area contributed by atoms with Gasteiger partial charge in [-0.15, -0.1) is 0 Å². The molecular weight excluding hydrogens is 216 g/mol. The van der Waals surface area contributed by atoms with Gasteiger partial charge in [-0.05, 0) is 24.8 Å². The molecule has 0 aromatic heterocycles. The second kappa shape index (κ2) is 9.16. The minimum atomic E-state index is -0.0795. The van der Waals surface area contributed by atoms with Crippen LogP contribution in [0.2, 0.25) is 0 Å². The van der Waals surface area contributed by atoms with Crippen LogP contribution < -0.4 is 0 Å².